The van der Waals surface area contributed by atoms with Crippen LogP contribution in [0, 0.1) is 0 Å². The maximum Gasteiger partial charge on any atom is 0.475 e. The summed E-state index contributed by atoms with van der Waals surface area (Å²) in [6, 6.07) is 0. The van der Waals surface area contributed by atoms with E-state index in [4.69, 9.17) is 29.9 Å². The molecule has 2 aliphatic rings. The van der Waals surface area contributed by atoms with Gasteiger partial charge in [0.2, 0.25) is 0 Å². The minimum absolute atomic E-state index is 0.433. The molecule has 0 amide bonds. The summed E-state index contributed by atoms with van der Waals surface area (Å²) >= 11 is 5.66. The third kappa shape index (κ3) is 3.51. The molecule has 2 fully saturated rings. The van der Waals surface area contributed by atoms with E-state index in [-0.39, 0.29) is 0 Å². The van der Waals surface area contributed by atoms with Gasteiger partial charge in [-0.15, -0.1) is 0 Å². The number of aromatic amines is 1. The van der Waals surface area contributed by atoms with Crippen LogP contribution in [0.3, 0.4) is 0 Å². The molecule has 0 saturated carbocycles. The highest BCUT2D eigenvalue weighted by molar-refractivity contribution is 7.48. The summed E-state index contributed by atoms with van der Waals surface area (Å²) in [4.78, 5) is 25.2. The Labute approximate surface area is 155 Å². The van der Waals surface area contributed by atoms with Crippen LogP contribution < -0.4 is 11.2 Å². The molecule has 0 aliphatic carbocycles. The highest BCUT2D eigenvalue weighted by Gasteiger charge is 2.67. The Morgan fingerprint density at radius 3 is 2.74 bits per heavy atom. The van der Waals surface area contributed by atoms with E-state index >= 15 is 0 Å². The first-order chi connectivity index (χ1) is 12.5. The second-order valence-corrected chi connectivity index (χ2v) is 8.28. The molecule has 2 N–H and O–H groups in total. The van der Waals surface area contributed by atoms with Gasteiger partial charge in [0.1, 0.15) is 17.2 Å². The smallest absolute Gasteiger partial charge is 0.386 e. The molecule has 0 radical (unpaired) electrons. The molecule has 0 spiro atoms. The molecule has 3 rings (SSSR count). The zero-order valence-corrected chi connectivity index (χ0v) is 15.7. The fourth-order valence-electron chi connectivity index (χ4n) is 2.84. The number of H-pyrrole nitrogens is 1. The van der Waals surface area contributed by atoms with Crippen LogP contribution in [-0.4, -0.2) is 51.6 Å². The predicted molar refractivity (Wildman–Crippen MR) is 85.8 cm³/mol. The van der Waals surface area contributed by atoms with Crippen molar-refractivity contribution in [1.82, 2.24) is 9.55 Å². The summed E-state index contributed by atoms with van der Waals surface area (Å²) < 4.78 is 60.9. The van der Waals surface area contributed by atoms with Crippen molar-refractivity contribution in [3.05, 3.63) is 32.1 Å². The van der Waals surface area contributed by atoms with Crippen LogP contribution in [0.1, 0.15) is 20.1 Å². The van der Waals surface area contributed by atoms with E-state index in [0.717, 1.165) is 6.20 Å². The molecule has 2 unspecified atom stereocenters. The lowest BCUT2D eigenvalue weighted by Crippen LogP contribution is -2.56. The van der Waals surface area contributed by atoms with Gasteiger partial charge in [-0.25, -0.2) is 18.1 Å². The molecule has 1 aromatic heterocycles. The van der Waals surface area contributed by atoms with Gasteiger partial charge in [-0.05, 0) is 13.8 Å². The Kier molecular flexibility index (Phi) is 5.36. The Balaban J connectivity index is 2.01. The highest BCUT2D eigenvalue weighted by atomic mass is 35.5. The van der Waals surface area contributed by atoms with Gasteiger partial charge in [-0.1, -0.05) is 11.6 Å². The van der Waals surface area contributed by atoms with Gasteiger partial charge in [-0.2, -0.15) is 0 Å². The van der Waals surface area contributed by atoms with Gasteiger partial charge in [0.15, 0.2) is 11.8 Å². The van der Waals surface area contributed by atoms with E-state index in [1.807, 2.05) is 4.98 Å². The minimum Gasteiger partial charge on any atom is -0.386 e. The van der Waals surface area contributed by atoms with E-state index in [1.54, 1.807) is 0 Å². The molecule has 10 nitrogen and oxygen atoms in total. The second kappa shape index (κ2) is 7.03. The number of ether oxygens (including phenoxy) is 1. The van der Waals surface area contributed by atoms with E-state index < -0.39 is 67.3 Å². The lowest BCUT2D eigenvalue weighted by Gasteiger charge is -2.39. The number of rotatable bonds is 4. The summed E-state index contributed by atoms with van der Waals surface area (Å²) in [6.07, 6.45) is -8.43. The van der Waals surface area contributed by atoms with Crippen molar-refractivity contribution in [2.45, 2.75) is 50.4 Å². The van der Waals surface area contributed by atoms with E-state index in [9.17, 15) is 28.0 Å². The monoisotopic (exact) mass is 432 g/mol. The molecule has 14 heteroatoms. The lowest BCUT2D eigenvalue weighted by atomic mass is 9.96. The molecular weight excluding hydrogens is 417 g/mol. The van der Waals surface area contributed by atoms with Gasteiger partial charge in [-0.3, -0.25) is 27.9 Å². The average molecular weight is 433 g/mol. The lowest BCUT2D eigenvalue weighted by molar-refractivity contribution is -0.208. The van der Waals surface area contributed by atoms with Crippen molar-refractivity contribution >= 4 is 19.4 Å². The van der Waals surface area contributed by atoms with Gasteiger partial charge in [0, 0.05) is 6.20 Å². The van der Waals surface area contributed by atoms with Crippen LogP contribution in [0.25, 0.3) is 0 Å². The summed E-state index contributed by atoms with van der Waals surface area (Å²) in [6.45, 7) is 2.12. The van der Waals surface area contributed by atoms with Crippen molar-refractivity contribution < 1.29 is 36.8 Å². The summed E-state index contributed by atoms with van der Waals surface area (Å²) in [5, 5.41) is 10.1. The number of hydrogen-bond donors (Lipinski definition) is 2. The second-order valence-electron chi connectivity index (χ2n) is 6.30. The van der Waals surface area contributed by atoms with Gasteiger partial charge >= 0.3 is 13.5 Å². The Morgan fingerprint density at radius 1 is 1.48 bits per heavy atom. The standard InChI is InChI=1S/C13H16ClF2N2O8P/c1-5(2)25-27(22)23-4-13(11(15)16)8(26-27)7(19)10(24-13)18-3-6(14)9(20)17-12(18)21/h3,5,7-8,10-11,19H,4H2,1-2H3,(H,17,20,21)/t7-,8?,10-,13-,27?/m1/s1. The number of phosphoric ester groups is 1. The molecule has 27 heavy (non-hydrogen) atoms. The summed E-state index contributed by atoms with van der Waals surface area (Å²) in [5.41, 5.74) is -4.47. The van der Waals surface area contributed by atoms with Crippen LogP contribution >= 0.6 is 19.4 Å². The van der Waals surface area contributed by atoms with Crippen LogP contribution in [0.2, 0.25) is 5.02 Å². The van der Waals surface area contributed by atoms with Crippen molar-refractivity contribution in [2.75, 3.05) is 6.61 Å². The fraction of sp³-hybridized carbons (Fsp3) is 0.692. The highest BCUT2D eigenvalue weighted by Crippen LogP contribution is 2.61. The van der Waals surface area contributed by atoms with Gasteiger partial charge < -0.3 is 9.84 Å². The number of aliphatic hydroxyl groups excluding tert-OH is 1. The molecule has 0 bridgehead atoms. The number of nitrogens with zero attached hydrogens (tertiary/aromatic N) is 1. The third-order valence-electron chi connectivity index (χ3n) is 4.02. The number of nitrogens with one attached hydrogen (secondary N) is 1. The molecule has 3 heterocycles. The van der Waals surface area contributed by atoms with E-state index in [1.165, 1.54) is 13.8 Å². The first kappa shape index (κ1) is 20.6. The van der Waals surface area contributed by atoms with E-state index in [0.29, 0.717) is 4.57 Å². The fourth-order valence-corrected chi connectivity index (χ4v) is 4.62. The van der Waals surface area contributed by atoms with Gasteiger partial charge in [0.05, 0.1) is 12.7 Å². The van der Waals surface area contributed by atoms with Crippen molar-refractivity contribution in [2.24, 2.45) is 0 Å². The molecular formula is C13H16ClF2N2O8P. The van der Waals surface area contributed by atoms with Crippen LogP contribution in [0.5, 0.6) is 0 Å². The van der Waals surface area contributed by atoms with Crippen molar-refractivity contribution in [3.8, 4) is 0 Å². The predicted octanol–water partition coefficient (Wildman–Crippen LogP) is 1.03. The normalized spacial score (nSPS) is 36.4. The largest absolute Gasteiger partial charge is 0.475 e. The number of phosphoric acid groups is 1. The Hall–Kier alpha value is -1.14. The van der Waals surface area contributed by atoms with Crippen LogP contribution in [-0.2, 0) is 22.9 Å². The zero-order valence-electron chi connectivity index (χ0n) is 14.0. The number of alkyl halides is 2. The quantitative estimate of drug-likeness (QED) is 0.675. The number of fused-ring (bicyclic) bond motifs is 1. The van der Waals surface area contributed by atoms with Crippen molar-refractivity contribution in [1.29, 1.82) is 0 Å². The first-order valence-electron chi connectivity index (χ1n) is 7.75. The van der Waals surface area contributed by atoms with E-state index in [2.05, 4.69) is 0 Å². The molecule has 0 aromatic carbocycles. The first-order valence-corrected chi connectivity index (χ1v) is 9.59. The topological polar surface area (TPSA) is 129 Å². The maximum absolute atomic E-state index is 13.8. The average Bonchev–Trinajstić information content (AvgIpc) is 2.84. The minimum atomic E-state index is -4.25. The SMILES string of the molecule is CC(C)OP1(=O)OC[C@@]2(C(F)F)O[C@@H](n3cc(Cl)c(=O)[nH]c3=O)[C@H](O)C2O1. The van der Waals surface area contributed by atoms with Crippen molar-refractivity contribution in [3.63, 3.8) is 0 Å². The van der Waals surface area contributed by atoms with Crippen LogP contribution in [0.15, 0.2) is 15.8 Å². The molecule has 5 atom stereocenters. The number of aliphatic hydroxyl groups is 1. The maximum atomic E-state index is 13.8. The number of aromatic nitrogens is 2. The third-order valence-corrected chi connectivity index (χ3v) is 5.90. The number of halogens is 3. The molecule has 1 aromatic rings. The Bertz CT molecular complexity index is 892. The Morgan fingerprint density at radius 2 is 2.15 bits per heavy atom. The molecule has 2 saturated heterocycles. The summed E-state index contributed by atoms with van der Waals surface area (Å²) in [7, 11) is -4.25. The van der Waals surface area contributed by atoms with Gasteiger partial charge in [0.25, 0.3) is 12.0 Å². The zero-order chi connectivity index (χ0) is 20.1. The van der Waals surface area contributed by atoms with Crippen LogP contribution in [0.4, 0.5) is 8.78 Å². The summed E-state index contributed by atoms with van der Waals surface area (Å²) in [5.74, 6) is 0. The molecule has 152 valence electrons. The molecule has 2 aliphatic heterocycles. The number of hydrogen-bond acceptors (Lipinski definition) is 8.